The van der Waals surface area contributed by atoms with Crippen LogP contribution in [0.5, 0.6) is 0 Å². The molecular weight excluding hydrogens is 294 g/mol. The maximum Gasteiger partial charge on any atom is 0.243 e. The van der Waals surface area contributed by atoms with E-state index in [0.717, 1.165) is 0 Å². The third-order valence-electron chi connectivity index (χ3n) is 2.72. The molecule has 0 atom stereocenters. The third kappa shape index (κ3) is 3.95. The molecule has 0 fully saturated rings. The minimum atomic E-state index is -3.62. The molecule has 2 aromatic rings. The molecule has 10 heteroatoms. The molecule has 0 aromatic carbocycles. The molecule has 21 heavy (non-hydrogen) atoms. The van der Waals surface area contributed by atoms with E-state index in [1.165, 1.54) is 12.4 Å². The zero-order chi connectivity index (χ0) is 15.3. The Bertz CT molecular complexity index is 681. The van der Waals surface area contributed by atoms with Gasteiger partial charge in [-0.15, -0.1) is 10.2 Å². The highest BCUT2D eigenvalue weighted by molar-refractivity contribution is 7.89. The van der Waals surface area contributed by atoms with E-state index >= 15 is 0 Å². The fraction of sp³-hybridized carbons (Fsp3) is 0.455. The molecule has 114 valence electrons. The monoisotopic (exact) mass is 311 g/mol. The van der Waals surface area contributed by atoms with Crippen LogP contribution in [0.1, 0.15) is 12.7 Å². The molecule has 0 bridgehead atoms. The largest absolute Gasteiger partial charge is 0.355 e. The molecule has 0 radical (unpaired) electrons. The highest BCUT2D eigenvalue weighted by atomic mass is 32.2. The number of anilines is 1. The van der Waals surface area contributed by atoms with E-state index in [2.05, 4.69) is 30.2 Å². The first-order chi connectivity index (χ1) is 10.0. The average molecular weight is 311 g/mol. The van der Waals surface area contributed by atoms with E-state index in [9.17, 15) is 8.42 Å². The summed E-state index contributed by atoms with van der Waals surface area (Å²) in [5.74, 6) is 1.10. The normalized spacial score (nSPS) is 11.5. The van der Waals surface area contributed by atoms with Gasteiger partial charge in [0, 0.05) is 26.6 Å². The number of aromatic nitrogens is 5. The maximum absolute atomic E-state index is 12.1. The lowest BCUT2D eigenvalue weighted by molar-refractivity contribution is 0.579. The van der Waals surface area contributed by atoms with Crippen molar-refractivity contribution in [3.63, 3.8) is 0 Å². The van der Waals surface area contributed by atoms with Crippen LogP contribution in [0.4, 0.5) is 5.95 Å². The number of hydrogen-bond acceptors (Lipinski definition) is 7. The summed E-state index contributed by atoms with van der Waals surface area (Å²) in [7, 11) is -1.82. The molecule has 0 saturated heterocycles. The van der Waals surface area contributed by atoms with E-state index in [-0.39, 0.29) is 11.4 Å². The Morgan fingerprint density at radius 3 is 2.57 bits per heavy atom. The van der Waals surface area contributed by atoms with E-state index in [0.29, 0.717) is 24.7 Å². The molecule has 2 rings (SSSR count). The minimum Gasteiger partial charge on any atom is -0.355 e. The van der Waals surface area contributed by atoms with Gasteiger partial charge >= 0.3 is 0 Å². The minimum absolute atomic E-state index is 0.0297. The molecule has 0 aliphatic heterocycles. The fourth-order valence-corrected chi connectivity index (χ4v) is 2.54. The van der Waals surface area contributed by atoms with Crippen molar-refractivity contribution in [2.24, 2.45) is 7.05 Å². The third-order valence-corrected chi connectivity index (χ3v) is 4.13. The van der Waals surface area contributed by atoms with Crippen molar-refractivity contribution in [3.05, 3.63) is 24.5 Å². The lowest BCUT2D eigenvalue weighted by atomic mass is 10.4. The highest BCUT2D eigenvalue weighted by Crippen LogP contribution is 2.07. The van der Waals surface area contributed by atoms with Crippen molar-refractivity contribution >= 4 is 16.0 Å². The number of hydrogen-bond donors (Lipinski definition) is 2. The average Bonchev–Trinajstić information content (AvgIpc) is 2.85. The molecule has 0 spiro atoms. The maximum atomic E-state index is 12.1. The second-order valence-electron chi connectivity index (χ2n) is 4.28. The Kier molecular flexibility index (Phi) is 4.81. The Labute approximate surface area is 122 Å². The summed E-state index contributed by atoms with van der Waals surface area (Å²) in [6.45, 7) is 2.80. The van der Waals surface area contributed by atoms with Crippen LogP contribution in [0.2, 0.25) is 0 Å². The highest BCUT2D eigenvalue weighted by Gasteiger charge is 2.15. The van der Waals surface area contributed by atoms with E-state index in [4.69, 9.17) is 0 Å². The smallest absolute Gasteiger partial charge is 0.243 e. The standard InChI is InChI=1S/C11H17N7O2S/c1-3-12-11-13-6-9(7-14-11)21(19,20)16-5-4-10-17-15-8-18(10)2/h6-8,16H,3-5H2,1-2H3,(H,12,13,14). The van der Waals surface area contributed by atoms with Crippen molar-refractivity contribution in [2.75, 3.05) is 18.4 Å². The molecule has 9 nitrogen and oxygen atoms in total. The van der Waals surface area contributed by atoms with Crippen LogP contribution in [0, 0.1) is 0 Å². The van der Waals surface area contributed by atoms with Crippen molar-refractivity contribution in [3.8, 4) is 0 Å². The Morgan fingerprint density at radius 1 is 1.29 bits per heavy atom. The molecule has 2 N–H and O–H groups in total. The van der Waals surface area contributed by atoms with Gasteiger partial charge in [0.25, 0.3) is 0 Å². The zero-order valence-corrected chi connectivity index (χ0v) is 12.6. The van der Waals surface area contributed by atoms with Crippen LogP contribution >= 0.6 is 0 Å². The van der Waals surface area contributed by atoms with Crippen LogP contribution in [-0.4, -0.2) is 46.2 Å². The number of nitrogens with one attached hydrogen (secondary N) is 2. The van der Waals surface area contributed by atoms with E-state index in [1.807, 2.05) is 6.92 Å². The summed E-state index contributed by atoms with van der Waals surface area (Å²) < 4.78 is 28.3. The number of rotatable bonds is 7. The lowest BCUT2D eigenvalue weighted by Gasteiger charge is -2.07. The van der Waals surface area contributed by atoms with Crippen LogP contribution in [0.25, 0.3) is 0 Å². The van der Waals surface area contributed by atoms with Crippen LogP contribution in [0.3, 0.4) is 0 Å². The van der Waals surface area contributed by atoms with Crippen LogP contribution in [-0.2, 0) is 23.5 Å². The molecule has 2 heterocycles. The van der Waals surface area contributed by atoms with Crippen molar-refractivity contribution in [1.29, 1.82) is 0 Å². The van der Waals surface area contributed by atoms with Gasteiger partial charge in [-0.1, -0.05) is 0 Å². The first-order valence-corrected chi connectivity index (χ1v) is 7.89. The Hall–Kier alpha value is -2.07. The van der Waals surface area contributed by atoms with Gasteiger partial charge in [0.05, 0.1) is 12.4 Å². The van der Waals surface area contributed by atoms with Gasteiger partial charge in [0.1, 0.15) is 17.0 Å². The van der Waals surface area contributed by atoms with Crippen molar-refractivity contribution in [2.45, 2.75) is 18.2 Å². The first kappa shape index (κ1) is 15.3. The van der Waals surface area contributed by atoms with Crippen molar-refractivity contribution < 1.29 is 8.42 Å². The molecule has 0 unspecified atom stereocenters. The van der Waals surface area contributed by atoms with Gasteiger partial charge in [-0.25, -0.2) is 23.1 Å². The molecule has 2 aromatic heterocycles. The molecule has 0 aliphatic carbocycles. The zero-order valence-electron chi connectivity index (χ0n) is 11.8. The number of nitrogens with zero attached hydrogens (tertiary/aromatic N) is 5. The second kappa shape index (κ2) is 6.59. The second-order valence-corrected chi connectivity index (χ2v) is 6.05. The predicted molar refractivity (Wildman–Crippen MR) is 76.1 cm³/mol. The summed E-state index contributed by atoms with van der Waals surface area (Å²) in [6.07, 6.45) is 4.56. The van der Waals surface area contributed by atoms with Gasteiger partial charge in [-0.2, -0.15) is 0 Å². The fourth-order valence-electron chi connectivity index (χ4n) is 1.62. The predicted octanol–water partition coefficient (Wildman–Crippen LogP) is -0.442. The van der Waals surface area contributed by atoms with Crippen LogP contribution < -0.4 is 10.0 Å². The molecule has 0 saturated carbocycles. The summed E-state index contributed by atoms with van der Waals surface area (Å²) in [4.78, 5) is 7.91. The van der Waals surface area contributed by atoms with E-state index < -0.39 is 10.0 Å². The molecule has 0 aliphatic rings. The van der Waals surface area contributed by atoms with E-state index in [1.54, 1.807) is 17.9 Å². The summed E-state index contributed by atoms with van der Waals surface area (Å²) in [5, 5.41) is 10.5. The summed E-state index contributed by atoms with van der Waals surface area (Å²) >= 11 is 0. The van der Waals surface area contributed by atoms with Crippen molar-refractivity contribution in [1.82, 2.24) is 29.5 Å². The Morgan fingerprint density at radius 2 is 2.00 bits per heavy atom. The summed E-state index contributed by atoms with van der Waals surface area (Å²) in [5.41, 5.74) is 0. The van der Waals surface area contributed by atoms with Gasteiger partial charge in [0.2, 0.25) is 16.0 Å². The van der Waals surface area contributed by atoms with Gasteiger partial charge in [0.15, 0.2) is 0 Å². The molecule has 0 amide bonds. The van der Waals surface area contributed by atoms with Crippen LogP contribution in [0.15, 0.2) is 23.6 Å². The number of sulfonamides is 1. The molecular formula is C11H17N7O2S. The number of aryl methyl sites for hydroxylation is 1. The van der Waals surface area contributed by atoms with Gasteiger partial charge < -0.3 is 9.88 Å². The quantitative estimate of drug-likeness (QED) is 0.712. The lowest BCUT2D eigenvalue weighted by Crippen LogP contribution is -2.27. The van der Waals surface area contributed by atoms with Gasteiger partial charge in [-0.05, 0) is 6.92 Å². The first-order valence-electron chi connectivity index (χ1n) is 6.41. The van der Waals surface area contributed by atoms with Gasteiger partial charge in [-0.3, -0.25) is 0 Å². The Balaban J connectivity index is 1.96. The summed E-state index contributed by atoms with van der Waals surface area (Å²) in [6, 6.07) is 0. The topological polar surface area (TPSA) is 115 Å². The SMILES string of the molecule is CCNc1ncc(S(=O)(=O)NCCc2nncn2C)cn1.